The zero-order chi connectivity index (χ0) is 14.2. The Balaban J connectivity index is 2.66. The number of hydrogen-bond donors (Lipinski definition) is 0. The molecule has 0 aliphatic rings. The average Bonchev–Trinajstić information content (AvgIpc) is 2.74. The predicted octanol–water partition coefficient (Wildman–Crippen LogP) is 2.54. The van der Waals surface area contributed by atoms with Crippen molar-refractivity contribution in [1.29, 1.82) is 0 Å². The molecule has 0 unspecified atom stereocenters. The van der Waals surface area contributed by atoms with Crippen LogP contribution < -0.4 is 0 Å². The van der Waals surface area contributed by atoms with Crippen molar-refractivity contribution in [2.45, 2.75) is 13.1 Å². The summed E-state index contributed by atoms with van der Waals surface area (Å²) in [5.41, 5.74) is 0. The number of hydrogen-bond acceptors (Lipinski definition) is 4. The molecule has 0 saturated carbocycles. The number of nitrogens with zero attached hydrogens (tertiary/aromatic N) is 4. The summed E-state index contributed by atoms with van der Waals surface area (Å²) in [7, 11) is 0. The summed E-state index contributed by atoms with van der Waals surface area (Å²) in [5, 5.41) is 3.31. The van der Waals surface area contributed by atoms with Gasteiger partial charge < -0.3 is 0 Å². The van der Waals surface area contributed by atoms with Gasteiger partial charge in [0.2, 0.25) is 5.82 Å². The molecule has 0 aliphatic carbocycles. The highest BCUT2D eigenvalue weighted by molar-refractivity contribution is 6.32. The molecule has 9 heteroatoms. The van der Waals surface area contributed by atoms with Crippen LogP contribution in [0.15, 0.2) is 18.3 Å². The van der Waals surface area contributed by atoms with E-state index in [0.29, 0.717) is 4.68 Å². The first kappa shape index (κ1) is 13.5. The fraction of sp³-hybridized carbons (Fsp3) is 0.200. The smallest absolute Gasteiger partial charge is 0.291 e. The molecule has 0 aromatic carbocycles. The van der Waals surface area contributed by atoms with Gasteiger partial charge in [0.15, 0.2) is 11.6 Å². The van der Waals surface area contributed by atoms with Gasteiger partial charge in [-0.15, -0.1) is 5.10 Å². The van der Waals surface area contributed by atoms with Crippen molar-refractivity contribution in [2.24, 2.45) is 0 Å². The van der Waals surface area contributed by atoms with Gasteiger partial charge in [-0.1, -0.05) is 11.6 Å². The lowest BCUT2D eigenvalue weighted by atomic mass is 10.4. The number of pyridine rings is 1. The molecule has 2 rings (SSSR count). The summed E-state index contributed by atoms with van der Waals surface area (Å²) < 4.78 is 38.4. The van der Waals surface area contributed by atoms with Crippen LogP contribution in [0.2, 0.25) is 5.02 Å². The molecule has 0 aliphatic heterocycles. The lowest BCUT2D eigenvalue weighted by Crippen LogP contribution is -2.10. The van der Waals surface area contributed by atoms with Crippen LogP contribution in [0.3, 0.4) is 0 Å². The Labute approximate surface area is 110 Å². The largest absolute Gasteiger partial charge is 0.453 e. The summed E-state index contributed by atoms with van der Waals surface area (Å²) in [4.78, 5) is 18.3. The summed E-state index contributed by atoms with van der Waals surface area (Å²) in [6.07, 6.45) is -3.43. The number of halogens is 4. The zero-order valence-corrected chi connectivity index (χ0v) is 10.2. The van der Waals surface area contributed by atoms with Crippen molar-refractivity contribution in [3.8, 4) is 5.82 Å². The third kappa shape index (κ3) is 2.58. The van der Waals surface area contributed by atoms with Crippen molar-refractivity contribution in [2.75, 3.05) is 0 Å². The Bertz CT molecular complexity index is 638. The number of aromatic nitrogens is 4. The highest BCUT2D eigenvalue weighted by Gasteiger charge is 2.38. The molecular weight excluding hydrogens is 285 g/mol. The maximum atomic E-state index is 12.6. The summed E-state index contributed by atoms with van der Waals surface area (Å²) >= 11 is 5.82. The van der Waals surface area contributed by atoms with Gasteiger partial charge in [-0.3, -0.25) is 4.79 Å². The molecule has 0 fully saturated rings. The van der Waals surface area contributed by atoms with E-state index in [4.69, 9.17) is 11.6 Å². The molecule has 0 bridgehead atoms. The van der Waals surface area contributed by atoms with Gasteiger partial charge in [0.1, 0.15) is 0 Å². The van der Waals surface area contributed by atoms with E-state index in [1.165, 1.54) is 18.3 Å². The first-order valence-corrected chi connectivity index (χ1v) is 5.34. The van der Waals surface area contributed by atoms with Crippen LogP contribution in [0.25, 0.3) is 5.82 Å². The van der Waals surface area contributed by atoms with Crippen LogP contribution in [-0.2, 0) is 6.18 Å². The molecule has 2 aromatic rings. The van der Waals surface area contributed by atoms with E-state index in [9.17, 15) is 18.0 Å². The molecule has 5 nitrogen and oxygen atoms in total. The normalized spacial score (nSPS) is 11.6. The van der Waals surface area contributed by atoms with E-state index in [1.54, 1.807) is 0 Å². The minimum Gasteiger partial charge on any atom is -0.291 e. The monoisotopic (exact) mass is 290 g/mol. The molecule has 0 saturated heterocycles. The molecule has 2 aromatic heterocycles. The highest BCUT2D eigenvalue weighted by Crippen LogP contribution is 2.28. The number of Topliss-reactive ketones (excluding diaryl/α,β-unsaturated/α-hetero) is 1. The number of carbonyl (C=O) groups is 1. The van der Waals surface area contributed by atoms with Crippen LogP contribution >= 0.6 is 11.6 Å². The second kappa shape index (κ2) is 4.61. The van der Waals surface area contributed by atoms with Gasteiger partial charge in [0.25, 0.3) is 5.82 Å². The molecular formula is C10H6ClF3N4O. The van der Waals surface area contributed by atoms with Crippen molar-refractivity contribution in [3.63, 3.8) is 0 Å². The minimum absolute atomic E-state index is 0.0589. The van der Waals surface area contributed by atoms with Crippen LogP contribution in [0.5, 0.6) is 0 Å². The van der Waals surface area contributed by atoms with Crippen molar-refractivity contribution in [3.05, 3.63) is 35.0 Å². The third-order valence-electron chi connectivity index (χ3n) is 2.12. The van der Waals surface area contributed by atoms with Crippen LogP contribution in [0.4, 0.5) is 13.2 Å². The maximum absolute atomic E-state index is 12.6. The van der Waals surface area contributed by atoms with Gasteiger partial charge in [0.05, 0.1) is 5.02 Å². The van der Waals surface area contributed by atoms with E-state index in [0.717, 1.165) is 6.92 Å². The number of carbonyl (C=O) groups excluding carboxylic acids is 1. The van der Waals surface area contributed by atoms with Crippen molar-refractivity contribution in [1.82, 2.24) is 19.7 Å². The second-order valence-corrected chi connectivity index (χ2v) is 3.94. The lowest BCUT2D eigenvalue weighted by molar-refractivity contribution is -0.144. The molecule has 19 heavy (non-hydrogen) atoms. The van der Waals surface area contributed by atoms with Crippen molar-refractivity contribution < 1.29 is 18.0 Å². The SMILES string of the molecule is CC(=O)c1nc(C(F)(F)F)nn1-c1ncccc1Cl. The quantitative estimate of drug-likeness (QED) is 0.798. The molecule has 0 N–H and O–H groups in total. The number of ketones is 1. The van der Waals surface area contributed by atoms with E-state index in [2.05, 4.69) is 15.1 Å². The topological polar surface area (TPSA) is 60.7 Å². The molecule has 0 atom stereocenters. The van der Waals surface area contributed by atoms with Gasteiger partial charge in [-0.25, -0.2) is 4.98 Å². The van der Waals surface area contributed by atoms with Gasteiger partial charge >= 0.3 is 6.18 Å². The maximum Gasteiger partial charge on any atom is 0.453 e. The lowest BCUT2D eigenvalue weighted by Gasteiger charge is -2.03. The summed E-state index contributed by atoms with van der Waals surface area (Å²) in [6, 6.07) is 2.92. The highest BCUT2D eigenvalue weighted by atomic mass is 35.5. The Hall–Kier alpha value is -1.96. The summed E-state index contributed by atoms with van der Waals surface area (Å²) in [5.74, 6) is -2.66. The molecule has 0 radical (unpaired) electrons. The Morgan fingerprint density at radius 3 is 2.63 bits per heavy atom. The predicted molar refractivity (Wildman–Crippen MR) is 59.2 cm³/mol. The number of rotatable bonds is 2. The Morgan fingerprint density at radius 2 is 2.11 bits per heavy atom. The first-order chi connectivity index (χ1) is 8.80. The zero-order valence-electron chi connectivity index (χ0n) is 9.44. The Kier molecular flexibility index (Phi) is 3.27. The number of alkyl halides is 3. The fourth-order valence-corrected chi connectivity index (χ4v) is 1.54. The standard InChI is InChI=1S/C10H6ClF3N4O/c1-5(19)7-16-9(10(12,13)14)17-18(7)8-6(11)3-2-4-15-8/h2-4H,1H3. The third-order valence-corrected chi connectivity index (χ3v) is 2.41. The van der Waals surface area contributed by atoms with E-state index >= 15 is 0 Å². The first-order valence-electron chi connectivity index (χ1n) is 4.97. The second-order valence-electron chi connectivity index (χ2n) is 3.53. The van der Waals surface area contributed by atoms with Gasteiger partial charge in [-0.05, 0) is 12.1 Å². The molecule has 100 valence electrons. The van der Waals surface area contributed by atoms with Crippen molar-refractivity contribution >= 4 is 17.4 Å². The van der Waals surface area contributed by atoms with Crippen LogP contribution in [0.1, 0.15) is 23.4 Å². The van der Waals surface area contributed by atoms with Gasteiger partial charge in [0, 0.05) is 13.1 Å². The Morgan fingerprint density at radius 1 is 1.42 bits per heavy atom. The van der Waals surface area contributed by atoms with E-state index in [1.807, 2.05) is 0 Å². The van der Waals surface area contributed by atoms with Crippen LogP contribution in [0, 0.1) is 0 Å². The average molecular weight is 291 g/mol. The minimum atomic E-state index is -4.75. The molecule has 2 heterocycles. The fourth-order valence-electron chi connectivity index (χ4n) is 1.34. The summed E-state index contributed by atoms with van der Waals surface area (Å²) in [6.45, 7) is 1.08. The van der Waals surface area contributed by atoms with E-state index in [-0.39, 0.29) is 10.8 Å². The van der Waals surface area contributed by atoms with Crippen LogP contribution in [-0.4, -0.2) is 25.5 Å². The van der Waals surface area contributed by atoms with E-state index < -0.39 is 23.6 Å². The van der Waals surface area contributed by atoms with Gasteiger partial charge in [-0.2, -0.15) is 22.8 Å². The molecule has 0 spiro atoms. The molecule has 0 amide bonds.